The molecule has 1 aliphatic rings. The molecule has 0 aliphatic heterocycles. The van der Waals surface area contributed by atoms with Crippen molar-refractivity contribution in [2.24, 2.45) is 0 Å². The second-order valence-corrected chi connectivity index (χ2v) is 16.7. The average Bonchev–Trinajstić information content (AvgIpc) is 3.36. The molecule has 0 atom stereocenters. The van der Waals surface area contributed by atoms with Gasteiger partial charge in [-0.05, 0) is 74.9 Å². The molecule has 6 aromatic carbocycles. The molecular formula is C58H66O9. The van der Waals surface area contributed by atoms with Gasteiger partial charge in [0.2, 0.25) is 0 Å². The highest BCUT2D eigenvalue weighted by Crippen LogP contribution is 2.30. The van der Waals surface area contributed by atoms with Crippen LogP contribution in [-0.4, -0.2) is 52.0 Å². The second kappa shape index (κ2) is 28.2. The number of phenolic OH excluding ortho intramolecular Hbond substituents is 3. The van der Waals surface area contributed by atoms with E-state index in [9.17, 15) is 29.7 Å². The van der Waals surface area contributed by atoms with Crippen molar-refractivity contribution in [3.63, 3.8) is 0 Å². The number of carbonyl (C=O) groups is 3. The first kappa shape index (κ1) is 51.1. The van der Waals surface area contributed by atoms with Crippen LogP contribution in [0.4, 0.5) is 0 Å². The zero-order valence-electron chi connectivity index (χ0n) is 39.0. The number of ketones is 3. The fraction of sp³-hybridized carbons (Fsp3) is 0.328. The number of phenols is 3. The van der Waals surface area contributed by atoms with Gasteiger partial charge in [0.05, 0.1) is 36.0 Å². The van der Waals surface area contributed by atoms with Crippen molar-refractivity contribution in [1.82, 2.24) is 0 Å². The Bertz CT molecular complexity index is 2410. The molecule has 0 spiro atoms. The maximum atomic E-state index is 12.4. The Morgan fingerprint density at radius 2 is 0.776 bits per heavy atom. The van der Waals surface area contributed by atoms with Gasteiger partial charge in [0.15, 0.2) is 17.3 Å². The van der Waals surface area contributed by atoms with Crippen molar-refractivity contribution in [2.45, 2.75) is 110 Å². The Kier molecular flexibility index (Phi) is 21.5. The van der Waals surface area contributed by atoms with Crippen LogP contribution >= 0.6 is 0 Å². The quantitative estimate of drug-likeness (QED) is 0.0476. The molecule has 0 saturated heterocycles. The van der Waals surface area contributed by atoms with Gasteiger partial charge >= 0.3 is 0 Å². The molecule has 0 amide bonds. The lowest BCUT2D eigenvalue weighted by Gasteiger charge is -2.23. The fourth-order valence-electron chi connectivity index (χ4n) is 7.59. The van der Waals surface area contributed by atoms with E-state index in [1.807, 2.05) is 42.5 Å². The third-order valence-electron chi connectivity index (χ3n) is 11.4. The van der Waals surface area contributed by atoms with Crippen LogP contribution in [0.3, 0.4) is 0 Å². The van der Waals surface area contributed by atoms with Crippen LogP contribution in [0, 0.1) is 0 Å². The van der Waals surface area contributed by atoms with E-state index < -0.39 is 0 Å². The average molecular weight is 907 g/mol. The van der Waals surface area contributed by atoms with Gasteiger partial charge in [-0.3, -0.25) is 14.4 Å². The summed E-state index contributed by atoms with van der Waals surface area (Å²) in [5.41, 5.74) is 2.59. The first-order valence-electron chi connectivity index (χ1n) is 23.9. The highest BCUT2D eigenvalue weighted by atomic mass is 16.5. The highest BCUT2D eigenvalue weighted by Gasteiger charge is 2.19. The van der Waals surface area contributed by atoms with Crippen LogP contribution < -0.4 is 14.2 Å². The van der Waals surface area contributed by atoms with E-state index in [0.717, 1.165) is 44.9 Å². The van der Waals surface area contributed by atoms with E-state index in [1.54, 1.807) is 91.0 Å². The van der Waals surface area contributed by atoms with Gasteiger partial charge in [-0.1, -0.05) is 156 Å². The molecule has 0 unspecified atom stereocenters. The lowest BCUT2D eigenvalue weighted by molar-refractivity contribution is 0.102. The summed E-state index contributed by atoms with van der Waals surface area (Å²) in [5.74, 6) is 1.17. The van der Waals surface area contributed by atoms with Gasteiger partial charge < -0.3 is 29.5 Å². The summed E-state index contributed by atoms with van der Waals surface area (Å²) in [6.45, 7) is 5.61. The van der Waals surface area contributed by atoms with Gasteiger partial charge in [-0.25, -0.2) is 0 Å². The molecule has 0 radical (unpaired) electrons. The van der Waals surface area contributed by atoms with Gasteiger partial charge in [-0.15, -0.1) is 0 Å². The van der Waals surface area contributed by atoms with Crippen molar-refractivity contribution >= 4 is 17.3 Å². The molecule has 6 aromatic rings. The highest BCUT2D eigenvalue weighted by molar-refractivity contribution is 6.12. The zero-order valence-corrected chi connectivity index (χ0v) is 39.0. The summed E-state index contributed by atoms with van der Waals surface area (Å²) >= 11 is 0. The Labute approximate surface area is 396 Å². The minimum atomic E-state index is -0.189. The summed E-state index contributed by atoms with van der Waals surface area (Å²) in [6, 6.07) is 41.5. The summed E-state index contributed by atoms with van der Waals surface area (Å²) < 4.78 is 17.1. The van der Waals surface area contributed by atoms with Crippen molar-refractivity contribution in [3.05, 3.63) is 179 Å². The third-order valence-corrected chi connectivity index (χ3v) is 11.4. The van der Waals surface area contributed by atoms with Crippen molar-refractivity contribution in [2.75, 3.05) is 13.2 Å². The Morgan fingerprint density at radius 3 is 1.18 bits per heavy atom. The monoisotopic (exact) mass is 906 g/mol. The standard InChI is InChI=1S/C21H26O3.C19H20O3.C18H20O3/c1-2-3-4-5-6-10-15-24-18-13-14-19(20(22)16-18)21(23)17-11-8-7-9-12-17;20-18-13-16(22-15-9-5-2-6-10-15)11-12-17(18)19(21)14-7-3-1-4-8-14;1-2-3-7-12-21-15-10-11-16(17(19)13-15)18(20)14-8-5-4-6-9-14/h7-9,11-14,16,22H,2-6,10,15H2,1H3;1,3-4,7-8,11-13,15,20H,2,5-6,9-10H2;4-6,8-11,13,19H,2-3,7,12H2,1H3. The number of rotatable bonds is 21. The van der Waals surface area contributed by atoms with Crippen LogP contribution in [-0.2, 0) is 0 Å². The lowest BCUT2D eigenvalue weighted by atomic mass is 9.97. The number of benzene rings is 6. The maximum Gasteiger partial charge on any atom is 0.196 e. The topological polar surface area (TPSA) is 140 Å². The van der Waals surface area contributed by atoms with Gasteiger partial charge in [0.1, 0.15) is 34.5 Å². The number of hydrogen-bond acceptors (Lipinski definition) is 9. The van der Waals surface area contributed by atoms with Crippen molar-refractivity contribution in [1.29, 1.82) is 0 Å². The molecule has 0 bridgehead atoms. The first-order chi connectivity index (χ1) is 32.7. The third kappa shape index (κ3) is 16.8. The summed E-state index contributed by atoms with van der Waals surface area (Å²) in [6.07, 6.45) is 16.5. The molecule has 9 nitrogen and oxygen atoms in total. The Balaban J connectivity index is 0.000000189. The van der Waals surface area contributed by atoms with E-state index in [0.29, 0.717) is 63.8 Å². The summed E-state index contributed by atoms with van der Waals surface area (Å²) in [4.78, 5) is 37.0. The molecule has 352 valence electrons. The van der Waals surface area contributed by atoms with Gasteiger partial charge in [0, 0.05) is 34.9 Å². The largest absolute Gasteiger partial charge is 0.507 e. The van der Waals surface area contributed by atoms with Crippen molar-refractivity contribution in [3.8, 4) is 34.5 Å². The predicted octanol–water partition coefficient (Wildman–Crippen LogP) is 13.9. The van der Waals surface area contributed by atoms with E-state index >= 15 is 0 Å². The van der Waals surface area contributed by atoms with Crippen LogP contribution in [0.15, 0.2) is 146 Å². The van der Waals surface area contributed by atoms with Crippen LogP contribution in [0.1, 0.15) is 152 Å². The van der Waals surface area contributed by atoms with Gasteiger partial charge in [-0.2, -0.15) is 0 Å². The molecule has 9 heteroatoms. The lowest BCUT2D eigenvalue weighted by Crippen LogP contribution is -2.19. The number of hydrogen-bond donors (Lipinski definition) is 3. The van der Waals surface area contributed by atoms with E-state index in [2.05, 4.69) is 13.8 Å². The first-order valence-corrected chi connectivity index (χ1v) is 23.9. The number of ether oxygens (including phenoxy) is 3. The number of aromatic hydroxyl groups is 3. The summed E-state index contributed by atoms with van der Waals surface area (Å²) in [7, 11) is 0. The smallest absolute Gasteiger partial charge is 0.196 e. The number of carbonyl (C=O) groups excluding carboxylic acids is 3. The van der Waals surface area contributed by atoms with Crippen molar-refractivity contribution < 1.29 is 43.9 Å². The van der Waals surface area contributed by atoms with E-state index in [-0.39, 0.29) is 40.7 Å². The second-order valence-electron chi connectivity index (χ2n) is 16.7. The molecule has 0 heterocycles. The molecule has 1 saturated carbocycles. The Morgan fingerprint density at radius 1 is 0.433 bits per heavy atom. The minimum absolute atomic E-state index is 0.0258. The normalized spacial score (nSPS) is 12.1. The summed E-state index contributed by atoms with van der Waals surface area (Å²) in [5, 5.41) is 30.3. The minimum Gasteiger partial charge on any atom is -0.507 e. The number of unbranched alkanes of at least 4 members (excludes halogenated alkanes) is 7. The molecule has 67 heavy (non-hydrogen) atoms. The van der Waals surface area contributed by atoms with Crippen LogP contribution in [0.5, 0.6) is 34.5 Å². The SMILES string of the molecule is CCCCCCCCOc1ccc(C(=O)c2ccccc2)c(O)c1.CCCCCOc1ccc(C(=O)c2ccccc2)c(O)c1.O=C(c1ccccc1)c1ccc(OC2CCCCC2)cc1O. The Hall–Kier alpha value is -6.87. The van der Waals surface area contributed by atoms with Gasteiger partial charge in [0.25, 0.3) is 0 Å². The van der Waals surface area contributed by atoms with E-state index in [1.165, 1.54) is 57.1 Å². The maximum absolute atomic E-state index is 12.4. The molecule has 1 aliphatic carbocycles. The van der Waals surface area contributed by atoms with E-state index in [4.69, 9.17) is 14.2 Å². The fourth-order valence-corrected chi connectivity index (χ4v) is 7.59. The van der Waals surface area contributed by atoms with Crippen LogP contribution in [0.2, 0.25) is 0 Å². The molecular weight excluding hydrogens is 841 g/mol. The predicted molar refractivity (Wildman–Crippen MR) is 265 cm³/mol. The molecule has 0 aromatic heterocycles. The van der Waals surface area contributed by atoms with Crippen LogP contribution in [0.25, 0.3) is 0 Å². The molecule has 1 fully saturated rings. The molecule has 7 rings (SSSR count). The zero-order chi connectivity index (χ0) is 47.6. The molecule has 3 N–H and O–H groups in total.